The van der Waals surface area contributed by atoms with Gasteiger partial charge in [0.15, 0.2) is 0 Å². The molecule has 122 valence electrons. The largest absolute Gasteiger partial charge is 0.448 e. The minimum absolute atomic E-state index is 0.216. The Hall–Kier alpha value is -2.12. The van der Waals surface area contributed by atoms with Crippen molar-refractivity contribution in [2.45, 2.75) is 6.92 Å². The summed E-state index contributed by atoms with van der Waals surface area (Å²) in [6, 6.07) is 7.05. The van der Waals surface area contributed by atoms with Gasteiger partial charge in [-0.15, -0.1) is 16.3 Å². The average molecular weight is 354 g/mol. The molecule has 2 rings (SSSR count). The maximum Gasteiger partial charge on any atom is 0.436 e. The minimum atomic E-state index is -0.709. The first kappa shape index (κ1) is 17.2. The van der Waals surface area contributed by atoms with Crippen molar-refractivity contribution in [3.63, 3.8) is 0 Å². The zero-order valence-corrected chi connectivity index (χ0v) is 14.5. The van der Waals surface area contributed by atoms with Crippen LogP contribution in [0, 0.1) is 0 Å². The number of rotatable bonds is 3. The Balaban J connectivity index is 2.69. The highest BCUT2D eigenvalue weighted by Gasteiger charge is 2.19. The van der Waals surface area contributed by atoms with E-state index in [-0.39, 0.29) is 12.5 Å². The number of hydrogen-bond donors (Lipinski definition) is 0. The highest BCUT2D eigenvalue weighted by molar-refractivity contribution is 7.07. The van der Waals surface area contributed by atoms with Crippen LogP contribution in [0.1, 0.15) is 17.4 Å². The molecule has 0 N–H and O–H groups in total. The Kier molecular flexibility index (Phi) is 5.57. The van der Waals surface area contributed by atoms with Gasteiger partial charge in [0.2, 0.25) is 4.80 Å². The molecule has 0 aliphatic carbocycles. The van der Waals surface area contributed by atoms with Gasteiger partial charge in [0.05, 0.1) is 17.3 Å². The lowest BCUT2D eigenvalue weighted by Crippen LogP contribution is -2.27. The molecule has 0 fully saturated rings. The number of thiazole rings is 1. The number of halogens is 1. The predicted octanol–water partition coefficient (Wildman–Crippen LogP) is 2.95. The lowest BCUT2D eigenvalue weighted by molar-refractivity contribution is 0.0819. The first-order valence-corrected chi connectivity index (χ1v) is 8.10. The van der Waals surface area contributed by atoms with E-state index in [0.717, 1.165) is 0 Å². The van der Waals surface area contributed by atoms with Gasteiger partial charge in [-0.1, -0.05) is 23.7 Å². The van der Waals surface area contributed by atoms with Gasteiger partial charge in [0, 0.05) is 19.5 Å². The van der Waals surface area contributed by atoms with Crippen LogP contribution < -0.4 is 4.80 Å². The van der Waals surface area contributed by atoms with E-state index in [1.807, 2.05) is 0 Å². The highest BCUT2D eigenvalue weighted by Crippen LogP contribution is 2.21. The molecule has 1 aromatic carbocycles. The summed E-state index contributed by atoms with van der Waals surface area (Å²) >= 11 is 7.41. The molecule has 8 heteroatoms. The standard InChI is InChI=1S/C15H16ClN3O3S/c1-4-22-15(21)17-14-19(11-8-6-5-7-10(11)16)12(9-23-14)13(20)18(2)3/h5-9H,4H2,1-3H3. The van der Waals surface area contributed by atoms with Gasteiger partial charge in [-0.2, -0.15) is 0 Å². The molecule has 2 aromatic rings. The van der Waals surface area contributed by atoms with Gasteiger partial charge in [0.1, 0.15) is 5.69 Å². The summed E-state index contributed by atoms with van der Waals surface area (Å²) in [5.74, 6) is -0.216. The molecule has 0 aliphatic heterocycles. The Labute approximate surface area is 142 Å². The van der Waals surface area contributed by atoms with Crippen LogP contribution in [0.2, 0.25) is 5.02 Å². The number of amides is 2. The second-order valence-corrected chi connectivity index (χ2v) is 5.94. The Morgan fingerprint density at radius 2 is 2.04 bits per heavy atom. The van der Waals surface area contributed by atoms with Crippen LogP contribution in [0.5, 0.6) is 0 Å². The smallest absolute Gasteiger partial charge is 0.436 e. The zero-order valence-electron chi connectivity index (χ0n) is 12.9. The monoisotopic (exact) mass is 353 g/mol. The topological polar surface area (TPSA) is 63.9 Å². The van der Waals surface area contributed by atoms with Crippen molar-refractivity contribution in [2.75, 3.05) is 20.7 Å². The second-order valence-electron chi connectivity index (χ2n) is 4.70. The van der Waals surface area contributed by atoms with Gasteiger partial charge >= 0.3 is 6.09 Å². The van der Waals surface area contributed by atoms with Crippen LogP contribution in [0.4, 0.5) is 4.79 Å². The van der Waals surface area contributed by atoms with Crippen LogP contribution in [0.3, 0.4) is 0 Å². The Morgan fingerprint density at radius 1 is 1.35 bits per heavy atom. The van der Waals surface area contributed by atoms with E-state index in [1.54, 1.807) is 55.2 Å². The molecule has 0 bridgehead atoms. The lowest BCUT2D eigenvalue weighted by atomic mass is 10.3. The number of nitrogens with zero attached hydrogens (tertiary/aromatic N) is 3. The van der Waals surface area contributed by atoms with Gasteiger partial charge in [0.25, 0.3) is 5.91 Å². The van der Waals surface area contributed by atoms with E-state index in [4.69, 9.17) is 16.3 Å². The molecule has 0 unspecified atom stereocenters. The molecule has 23 heavy (non-hydrogen) atoms. The van der Waals surface area contributed by atoms with Gasteiger partial charge in [-0.05, 0) is 19.1 Å². The highest BCUT2D eigenvalue weighted by atomic mass is 35.5. The molecule has 6 nitrogen and oxygen atoms in total. The summed E-state index contributed by atoms with van der Waals surface area (Å²) in [5, 5.41) is 2.09. The second kappa shape index (κ2) is 7.43. The van der Waals surface area contributed by atoms with Gasteiger partial charge < -0.3 is 9.64 Å². The molecule has 0 saturated heterocycles. The summed E-state index contributed by atoms with van der Waals surface area (Å²) in [6.45, 7) is 1.92. The third-order valence-corrected chi connectivity index (χ3v) is 4.03. The van der Waals surface area contributed by atoms with E-state index < -0.39 is 6.09 Å². The molecule has 1 aromatic heterocycles. The van der Waals surface area contributed by atoms with Crippen molar-refractivity contribution in [2.24, 2.45) is 4.99 Å². The van der Waals surface area contributed by atoms with Crippen LogP contribution in [0.15, 0.2) is 34.6 Å². The number of para-hydroxylation sites is 1. The number of ether oxygens (including phenoxy) is 1. The predicted molar refractivity (Wildman–Crippen MR) is 89.3 cm³/mol. The fraction of sp³-hybridized carbons (Fsp3) is 0.267. The summed E-state index contributed by atoms with van der Waals surface area (Å²) in [7, 11) is 3.30. The zero-order chi connectivity index (χ0) is 17.0. The van der Waals surface area contributed by atoms with Crippen LogP contribution >= 0.6 is 22.9 Å². The molecule has 0 aliphatic rings. The number of benzene rings is 1. The first-order chi connectivity index (χ1) is 11.0. The molecule has 0 radical (unpaired) electrons. The summed E-state index contributed by atoms with van der Waals surface area (Å²) < 4.78 is 6.41. The maximum atomic E-state index is 12.4. The lowest BCUT2D eigenvalue weighted by Gasteiger charge is -2.13. The molecular formula is C15H16ClN3O3S. The van der Waals surface area contributed by atoms with E-state index in [9.17, 15) is 9.59 Å². The fourth-order valence-corrected chi connectivity index (χ4v) is 2.94. The minimum Gasteiger partial charge on any atom is -0.448 e. The number of carbonyl (C=O) groups is 2. The summed E-state index contributed by atoms with van der Waals surface area (Å²) in [4.78, 5) is 29.7. The molecular weight excluding hydrogens is 338 g/mol. The van der Waals surface area contributed by atoms with Crippen molar-refractivity contribution in [1.82, 2.24) is 9.47 Å². The molecule has 0 atom stereocenters. The van der Waals surface area contributed by atoms with Gasteiger partial charge in [-0.3, -0.25) is 9.36 Å². The third kappa shape index (κ3) is 3.80. The average Bonchev–Trinajstić information content (AvgIpc) is 2.90. The molecule has 1 heterocycles. The van der Waals surface area contributed by atoms with Crippen molar-refractivity contribution < 1.29 is 14.3 Å². The first-order valence-electron chi connectivity index (χ1n) is 6.84. The van der Waals surface area contributed by atoms with E-state index in [1.165, 1.54) is 16.2 Å². The summed E-state index contributed by atoms with van der Waals surface area (Å²) in [6.07, 6.45) is -0.709. The number of hydrogen-bond acceptors (Lipinski definition) is 4. The third-order valence-electron chi connectivity index (χ3n) is 2.88. The van der Waals surface area contributed by atoms with Crippen LogP contribution in [-0.4, -0.2) is 42.2 Å². The summed E-state index contributed by atoms with van der Waals surface area (Å²) in [5.41, 5.74) is 0.944. The van der Waals surface area contributed by atoms with Crippen molar-refractivity contribution >= 4 is 34.9 Å². The van der Waals surface area contributed by atoms with E-state index in [0.29, 0.717) is 21.2 Å². The van der Waals surface area contributed by atoms with E-state index >= 15 is 0 Å². The normalized spacial score (nSPS) is 11.4. The Bertz CT molecular complexity index is 795. The van der Waals surface area contributed by atoms with Gasteiger partial charge in [-0.25, -0.2) is 4.79 Å². The molecule has 2 amide bonds. The van der Waals surface area contributed by atoms with Crippen molar-refractivity contribution in [3.8, 4) is 5.69 Å². The Morgan fingerprint density at radius 3 is 2.65 bits per heavy atom. The SMILES string of the molecule is CCOC(=O)N=c1scc(C(=O)N(C)C)n1-c1ccccc1Cl. The number of carbonyl (C=O) groups excluding carboxylic acids is 2. The van der Waals surface area contributed by atoms with E-state index in [2.05, 4.69) is 4.99 Å². The number of aromatic nitrogens is 1. The fourth-order valence-electron chi connectivity index (χ4n) is 1.87. The van der Waals surface area contributed by atoms with Crippen molar-refractivity contribution in [3.05, 3.63) is 45.2 Å². The maximum absolute atomic E-state index is 12.4. The van der Waals surface area contributed by atoms with Crippen LogP contribution in [-0.2, 0) is 4.74 Å². The van der Waals surface area contributed by atoms with Crippen molar-refractivity contribution in [1.29, 1.82) is 0 Å². The molecule has 0 saturated carbocycles. The quantitative estimate of drug-likeness (QED) is 0.852. The molecule has 0 spiro atoms. The van der Waals surface area contributed by atoms with Crippen LogP contribution in [0.25, 0.3) is 5.69 Å².